The molecule has 0 aliphatic carbocycles. The molecule has 0 bridgehead atoms. The highest BCUT2D eigenvalue weighted by atomic mass is 16.5. The van der Waals surface area contributed by atoms with Crippen LogP contribution >= 0.6 is 0 Å². The summed E-state index contributed by atoms with van der Waals surface area (Å²) in [5, 5.41) is 6.68. The molecule has 1 amide bonds. The van der Waals surface area contributed by atoms with Crippen LogP contribution < -0.4 is 10.1 Å². The van der Waals surface area contributed by atoms with E-state index in [0.717, 1.165) is 5.69 Å². The number of benzene rings is 2. The Morgan fingerprint density at radius 1 is 1.11 bits per heavy atom. The Hall–Kier alpha value is -3.68. The van der Waals surface area contributed by atoms with Crippen molar-refractivity contribution in [1.29, 1.82) is 0 Å². The lowest BCUT2D eigenvalue weighted by atomic mass is 10.2. The molecule has 0 saturated carbocycles. The third kappa shape index (κ3) is 4.69. The van der Waals surface area contributed by atoms with Gasteiger partial charge in [-0.3, -0.25) is 4.79 Å². The van der Waals surface area contributed by atoms with Crippen molar-refractivity contribution < 1.29 is 19.1 Å². The zero-order valence-electron chi connectivity index (χ0n) is 14.7. The molecule has 2 aromatic carbocycles. The molecule has 3 aromatic rings. The Labute approximate surface area is 155 Å². The van der Waals surface area contributed by atoms with Gasteiger partial charge in [0.05, 0.1) is 23.5 Å². The minimum atomic E-state index is -0.589. The van der Waals surface area contributed by atoms with E-state index >= 15 is 0 Å². The van der Waals surface area contributed by atoms with Crippen molar-refractivity contribution in [3.8, 4) is 11.4 Å². The van der Waals surface area contributed by atoms with Gasteiger partial charge < -0.3 is 14.8 Å². The van der Waals surface area contributed by atoms with Crippen LogP contribution in [0.1, 0.15) is 17.3 Å². The number of carbonyl (C=O) groups is 2. The monoisotopic (exact) mass is 366 g/mol. The predicted molar refractivity (Wildman–Crippen MR) is 97.9 cm³/mol. The Kier molecular flexibility index (Phi) is 5.78. The normalized spacial score (nSPS) is 10.3. The van der Waals surface area contributed by atoms with E-state index < -0.39 is 18.5 Å². The van der Waals surface area contributed by atoms with Gasteiger partial charge in [0.15, 0.2) is 6.61 Å². The van der Waals surface area contributed by atoms with Crippen molar-refractivity contribution in [3.63, 3.8) is 0 Å². The fourth-order valence-electron chi connectivity index (χ4n) is 2.34. The maximum atomic E-state index is 12.1. The lowest BCUT2D eigenvalue weighted by Gasteiger charge is -2.11. The van der Waals surface area contributed by atoms with E-state index in [0.29, 0.717) is 23.6 Å². The van der Waals surface area contributed by atoms with E-state index in [2.05, 4.69) is 15.4 Å². The van der Waals surface area contributed by atoms with Gasteiger partial charge in [-0.1, -0.05) is 12.1 Å². The lowest BCUT2D eigenvalue weighted by Crippen LogP contribution is -2.21. The molecule has 1 aromatic heterocycles. The van der Waals surface area contributed by atoms with Gasteiger partial charge in [0.25, 0.3) is 5.91 Å². The van der Waals surface area contributed by atoms with Crippen LogP contribution in [0, 0.1) is 0 Å². The second-order valence-electron chi connectivity index (χ2n) is 5.44. The fraction of sp³-hybridized carbons (Fsp3) is 0.158. The standard InChI is InChI=1S/C19H18N4O4/c1-2-26-17-6-4-3-5-16(17)22-18(24)11-27-19(25)14-7-9-15(10-8-14)23-13-20-12-21-23/h3-10,12-13H,2,11H2,1H3,(H,22,24). The number of para-hydroxylation sites is 2. The molecular formula is C19H18N4O4. The first-order chi connectivity index (χ1) is 13.2. The van der Waals surface area contributed by atoms with Gasteiger partial charge in [0.1, 0.15) is 18.4 Å². The number of anilines is 1. The molecule has 0 spiro atoms. The van der Waals surface area contributed by atoms with Gasteiger partial charge in [-0.05, 0) is 43.3 Å². The minimum Gasteiger partial charge on any atom is -0.492 e. The fourth-order valence-corrected chi connectivity index (χ4v) is 2.34. The second-order valence-corrected chi connectivity index (χ2v) is 5.44. The van der Waals surface area contributed by atoms with Gasteiger partial charge in [-0.2, -0.15) is 5.10 Å². The Morgan fingerprint density at radius 2 is 1.89 bits per heavy atom. The van der Waals surface area contributed by atoms with Gasteiger partial charge >= 0.3 is 5.97 Å². The number of carbonyl (C=O) groups excluding carboxylic acids is 2. The van der Waals surface area contributed by atoms with Crippen molar-refractivity contribution in [1.82, 2.24) is 14.8 Å². The molecule has 27 heavy (non-hydrogen) atoms. The van der Waals surface area contributed by atoms with E-state index in [9.17, 15) is 9.59 Å². The van der Waals surface area contributed by atoms with E-state index in [4.69, 9.17) is 9.47 Å². The number of esters is 1. The Balaban J connectivity index is 1.55. The third-order valence-corrected chi connectivity index (χ3v) is 3.58. The number of rotatable bonds is 7. The van der Waals surface area contributed by atoms with Crippen molar-refractivity contribution in [3.05, 3.63) is 66.7 Å². The molecule has 8 heteroatoms. The summed E-state index contributed by atoms with van der Waals surface area (Å²) in [6.45, 7) is 1.94. The highest BCUT2D eigenvalue weighted by Gasteiger charge is 2.12. The molecular weight excluding hydrogens is 348 g/mol. The van der Waals surface area contributed by atoms with Crippen LogP contribution in [0.25, 0.3) is 5.69 Å². The topological polar surface area (TPSA) is 95.3 Å². The number of nitrogens with zero attached hydrogens (tertiary/aromatic N) is 3. The molecule has 3 rings (SSSR count). The number of amides is 1. The molecule has 0 radical (unpaired) electrons. The zero-order chi connectivity index (χ0) is 19.1. The van der Waals surface area contributed by atoms with Crippen LogP contribution in [0.2, 0.25) is 0 Å². The summed E-state index contributed by atoms with van der Waals surface area (Å²) in [4.78, 5) is 28.0. The summed E-state index contributed by atoms with van der Waals surface area (Å²) >= 11 is 0. The molecule has 138 valence electrons. The maximum Gasteiger partial charge on any atom is 0.338 e. The summed E-state index contributed by atoms with van der Waals surface area (Å²) < 4.78 is 12.1. The molecule has 0 fully saturated rings. The summed E-state index contributed by atoms with van der Waals surface area (Å²) in [6.07, 6.45) is 2.97. The van der Waals surface area contributed by atoms with Crippen LogP contribution in [-0.2, 0) is 9.53 Å². The first kappa shape index (κ1) is 18.1. The SMILES string of the molecule is CCOc1ccccc1NC(=O)COC(=O)c1ccc(-n2cncn2)cc1. The van der Waals surface area contributed by atoms with E-state index in [1.165, 1.54) is 6.33 Å². The van der Waals surface area contributed by atoms with Gasteiger partial charge in [-0.15, -0.1) is 0 Å². The average Bonchev–Trinajstić information content (AvgIpc) is 3.23. The molecule has 0 aliphatic rings. The molecule has 0 saturated heterocycles. The van der Waals surface area contributed by atoms with Crippen LogP contribution in [0.15, 0.2) is 61.2 Å². The van der Waals surface area contributed by atoms with E-state index in [1.54, 1.807) is 53.5 Å². The first-order valence-electron chi connectivity index (χ1n) is 8.31. The summed E-state index contributed by atoms with van der Waals surface area (Å²) in [6, 6.07) is 13.7. The molecule has 8 nitrogen and oxygen atoms in total. The van der Waals surface area contributed by atoms with Crippen molar-refractivity contribution in [2.24, 2.45) is 0 Å². The molecule has 0 atom stereocenters. The van der Waals surface area contributed by atoms with Crippen LogP contribution in [-0.4, -0.2) is 39.9 Å². The lowest BCUT2D eigenvalue weighted by molar-refractivity contribution is -0.119. The van der Waals surface area contributed by atoms with Crippen LogP contribution in [0.5, 0.6) is 5.75 Å². The van der Waals surface area contributed by atoms with E-state index in [1.807, 2.05) is 13.0 Å². The number of hydrogen-bond donors (Lipinski definition) is 1. The second kappa shape index (κ2) is 8.61. The molecule has 1 N–H and O–H groups in total. The largest absolute Gasteiger partial charge is 0.492 e. The van der Waals surface area contributed by atoms with Crippen LogP contribution in [0.4, 0.5) is 5.69 Å². The maximum absolute atomic E-state index is 12.1. The smallest absolute Gasteiger partial charge is 0.338 e. The average molecular weight is 366 g/mol. The quantitative estimate of drug-likeness (QED) is 0.646. The van der Waals surface area contributed by atoms with Crippen molar-refractivity contribution in [2.75, 3.05) is 18.5 Å². The Morgan fingerprint density at radius 3 is 2.59 bits per heavy atom. The van der Waals surface area contributed by atoms with Gasteiger partial charge in [0.2, 0.25) is 0 Å². The van der Waals surface area contributed by atoms with Gasteiger partial charge in [0, 0.05) is 0 Å². The minimum absolute atomic E-state index is 0.335. The first-order valence-corrected chi connectivity index (χ1v) is 8.31. The highest BCUT2D eigenvalue weighted by molar-refractivity contribution is 5.96. The predicted octanol–water partition coefficient (Wildman–Crippen LogP) is 2.46. The number of aromatic nitrogens is 3. The zero-order valence-corrected chi connectivity index (χ0v) is 14.7. The molecule has 0 aliphatic heterocycles. The summed E-state index contributed by atoms with van der Waals surface area (Å²) in [5.41, 5.74) is 1.62. The van der Waals surface area contributed by atoms with E-state index in [-0.39, 0.29) is 0 Å². The van der Waals surface area contributed by atoms with Crippen LogP contribution in [0.3, 0.4) is 0 Å². The van der Waals surface area contributed by atoms with Crippen molar-refractivity contribution in [2.45, 2.75) is 6.92 Å². The van der Waals surface area contributed by atoms with Crippen molar-refractivity contribution >= 4 is 17.6 Å². The third-order valence-electron chi connectivity index (χ3n) is 3.58. The molecule has 0 unspecified atom stereocenters. The number of nitrogens with one attached hydrogen (secondary N) is 1. The number of hydrogen-bond acceptors (Lipinski definition) is 6. The summed E-state index contributed by atoms with van der Waals surface area (Å²) in [7, 11) is 0. The summed E-state index contributed by atoms with van der Waals surface area (Å²) in [5.74, 6) is -0.480. The van der Waals surface area contributed by atoms with Gasteiger partial charge in [-0.25, -0.2) is 14.5 Å². The molecule has 1 heterocycles. The highest BCUT2D eigenvalue weighted by Crippen LogP contribution is 2.23. The Bertz CT molecular complexity index is 908. The number of ether oxygens (including phenoxy) is 2.